The van der Waals surface area contributed by atoms with Crippen LogP contribution in [-0.2, 0) is 9.59 Å². The molecule has 0 aliphatic carbocycles. The van der Waals surface area contributed by atoms with Crippen molar-refractivity contribution in [2.24, 2.45) is 0 Å². The highest BCUT2D eigenvalue weighted by Crippen LogP contribution is 1.95. The van der Waals surface area contributed by atoms with Gasteiger partial charge in [-0.3, -0.25) is 9.59 Å². The van der Waals surface area contributed by atoms with Gasteiger partial charge in [0.2, 0.25) is 5.91 Å². The minimum Gasteiger partial charge on any atom is -0.481 e. The van der Waals surface area contributed by atoms with Gasteiger partial charge in [-0.2, -0.15) is 0 Å². The van der Waals surface area contributed by atoms with Crippen molar-refractivity contribution in [3.8, 4) is 0 Å². The van der Waals surface area contributed by atoms with Crippen molar-refractivity contribution < 1.29 is 14.7 Å². The number of hydrogen-bond acceptors (Lipinski definition) is 3. The molecular weight excluding hydrogens is 220 g/mol. The van der Waals surface area contributed by atoms with E-state index in [0.717, 1.165) is 26.1 Å². The van der Waals surface area contributed by atoms with Gasteiger partial charge in [0.05, 0.1) is 0 Å². The molecule has 0 heterocycles. The average Bonchev–Trinajstić information content (AvgIpc) is 2.29. The van der Waals surface area contributed by atoms with Gasteiger partial charge in [0.25, 0.3) is 0 Å². The van der Waals surface area contributed by atoms with Gasteiger partial charge in [-0.25, -0.2) is 0 Å². The smallest absolute Gasteiger partial charge is 0.303 e. The molecule has 0 atom stereocenters. The van der Waals surface area contributed by atoms with Gasteiger partial charge in [0.1, 0.15) is 0 Å². The van der Waals surface area contributed by atoms with Crippen LogP contribution < -0.4 is 5.32 Å². The number of amides is 1. The van der Waals surface area contributed by atoms with Crippen molar-refractivity contribution in [1.82, 2.24) is 10.2 Å². The number of carboxylic acid groups (broad SMARTS) is 1. The molecule has 0 rings (SSSR count). The average molecular weight is 244 g/mol. The fourth-order valence-corrected chi connectivity index (χ4v) is 1.56. The Kier molecular flexibility index (Phi) is 9.43. The van der Waals surface area contributed by atoms with Crippen molar-refractivity contribution in [1.29, 1.82) is 0 Å². The van der Waals surface area contributed by atoms with Crippen LogP contribution in [0, 0.1) is 0 Å². The van der Waals surface area contributed by atoms with Gasteiger partial charge in [0.15, 0.2) is 0 Å². The van der Waals surface area contributed by atoms with Crippen molar-refractivity contribution in [3.63, 3.8) is 0 Å². The highest BCUT2D eigenvalue weighted by atomic mass is 16.4. The second kappa shape index (κ2) is 10.1. The fraction of sp³-hybridized carbons (Fsp3) is 0.833. The standard InChI is InChI=1S/C12H24N2O3/c1-3-14(4-2)10-6-9-13-11(15)7-5-8-12(16)17/h3-10H2,1-2H3,(H,13,15)(H,16,17). The summed E-state index contributed by atoms with van der Waals surface area (Å²) >= 11 is 0. The first-order chi connectivity index (χ1) is 8.10. The van der Waals surface area contributed by atoms with E-state index in [4.69, 9.17) is 5.11 Å². The van der Waals surface area contributed by atoms with E-state index in [1.165, 1.54) is 0 Å². The SMILES string of the molecule is CCN(CC)CCCNC(=O)CCCC(=O)O. The number of nitrogens with zero attached hydrogens (tertiary/aromatic N) is 1. The van der Waals surface area contributed by atoms with E-state index in [9.17, 15) is 9.59 Å². The molecule has 0 spiro atoms. The molecule has 0 aliphatic heterocycles. The molecule has 0 aromatic heterocycles. The minimum atomic E-state index is -0.848. The molecule has 2 N–H and O–H groups in total. The second-order valence-corrected chi connectivity index (χ2v) is 3.98. The van der Waals surface area contributed by atoms with Crippen molar-refractivity contribution in [2.75, 3.05) is 26.2 Å². The predicted molar refractivity (Wildman–Crippen MR) is 66.9 cm³/mol. The molecule has 17 heavy (non-hydrogen) atoms. The lowest BCUT2D eigenvalue weighted by Gasteiger charge is -2.17. The van der Waals surface area contributed by atoms with E-state index < -0.39 is 5.97 Å². The number of carboxylic acids is 1. The zero-order valence-electron chi connectivity index (χ0n) is 10.9. The van der Waals surface area contributed by atoms with Crippen LogP contribution in [0.2, 0.25) is 0 Å². The lowest BCUT2D eigenvalue weighted by Crippen LogP contribution is -2.29. The maximum Gasteiger partial charge on any atom is 0.303 e. The summed E-state index contributed by atoms with van der Waals surface area (Å²) in [4.78, 5) is 23.8. The summed E-state index contributed by atoms with van der Waals surface area (Å²) in [7, 11) is 0. The number of nitrogens with one attached hydrogen (secondary N) is 1. The fourth-order valence-electron chi connectivity index (χ4n) is 1.56. The quantitative estimate of drug-likeness (QED) is 0.564. The molecule has 0 aliphatic rings. The van der Waals surface area contributed by atoms with E-state index in [-0.39, 0.29) is 12.3 Å². The van der Waals surface area contributed by atoms with Gasteiger partial charge in [-0.15, -0.1) is 0 Å². The maximum atomic E-state index is 11.3. The molecule has 5 heteroatoms. The molecular formula is C12H24N2O3. The van der Waals surface area contributed by atoms with Crippen LogP contribution in [-0.4, -0.2) is 48.1 Å². The maximum absolute atomic E-state index is 11.3. The Morgan fingerprint density at radius 1 is 1.12 bits per heavy atom. The van der Waals surface area contributed by atoms with Crippen LogP contribution in [0.25, 0.3) is 0 Å². The summed E-state index contributed by atoms with van der Waals surface area (Å²) in [5.74, 6) is -0.898. The monoisotopic (exact) mass is 244 g/mol. The summed E-state index contributed by atoms with van der Waals surface area (Å²) in [6.07, 6.45) is 1.72. The van der Waals surface area contributed by atoms with Crippen LogP contribution >= 0.6 is 0 Å². The van der Waals surface area contributed by atoms with E-state index in [1.54, 1.807) is 0 Å². The highest BCUT2D eigenvalue weighted by molar-refractivity contribution is 5.76. The Balaban J connectivity index is 3.41. The van der Waals surface area contributed by atoms with Crippen LogP contribution in [0.4, 0.5) is 0 Å². The Morgan fingerprint density at radius 3 is 2.29 bits per heavy atom. The van der Waals surface area contributed by atoms with Gasteiger partial charge in [0, 0.05) is 19.4 Å². The lowest BCUT2D eigenvalue weighted by molar-refractivity contribution is -0.137. The Morgan fingerprint density at radius 2 is 1.76 bits per heavy atom. The van der Waals surface area contributed by atoms with E-state index in [2.05, 4.69) is 24.1 Å². The first-order valence-corrected chi connectivity index (χ1v) is 6.31. The Bertz CT molecular complexity index is 228. The Hall–Kier alpha value is -1.10. The summed E-state index contributed by atoms with van der Waals surface area (Å²) in [5, 5.41) is 11.2. The number of carbonyl (C=O) groups is 2. The van der Waals surface area contributed by atoms with E-state index in [0.29, 0.717) is 19.4 Å². The molecule has 100 valence electrons. The van der Waals surface area contributed by atoms with Crippen LogP contribution in [0.15, 0.2) is 0 Å². The number of aliphatic carboxylic acids is 1. The zero-order valence-corrected chi connectivity index (χ0v) is 10.9. The molecule has 0 radical (unpaired) electrons. The first kappa shape index (κ1) is 15.9. The van der Waals surface area contributed by atoms with E-state index >= 15 is 0 Å². The third-order valence-electron chi connectivity index (χ3n) is 2.66. The third-order valence-corrected chi connectivity index (χ3v) is 2.66. The van der Waals surface area contributed by atoms with Gasteiger partial charge < -0.3 is 15.3 Å². The van der Waals surface area contributed by atoms with Crippen LogP contribution in [0.5, 0.6) is 0 Å². The molecule has 0 unspecified atom stereocenters. The molecule has 0 aromatic carbocycles. The first-order valence-electron chi connectivity index (χ1n) is 6.31. The van der Waals surface area contributed by atoms with Crippen molar-refractivity contribution >= 4 is 11.9 Å². The predicted octanol–water partition coefficient (Wildman–Crippen LogP) is 1.09. The highest BCUT2D eigenvalue weighted by Gasteiger charge is 2.03. The lowest BCUT2D eigenvalue weighted by atomic mass is 10.2. The third kappa shape index (κ3) is 9.81. The molecule has 0 fully saturated rings. The molecule has 1 amide bonds. The Labute approximate surface area is 103 Å². The van der Waals surface area contributed by atoms with Gasteiger partial charge in [-0.05, 0) is 32.5 Å². The molecule has 0 bridgehead atoms. The molecule has 5 nitrogen and oxygen atoms in total. The number of rotatable bonds is 10. The van der Waals surface area contributed by atoms with Gasteiger partial charge >= 0.3 is 5.97 Å². The molecule has 0 saturated carbocycles. The number of hydrogen-bond donors (Lipinski definition) is 2. The molecule has 0 saturated heterocycles. The summed E-state index contributed by atoms with van der Waals surface area (Å²) in [5.41, 5.74) is 0. The van der Waals surface area contributed by atoms with Crippen LogP contribution in [0.3, 0.4) is 0 Å². The normalized spacial score (nSPS) is 10.5. The largest absolute Gasteiger partial charge is 0.481 e. The van der Waals surface area contributed by atoms with Crippen molar-refractivity contribution in [3.05, 3.63) is 0 Å². The zero-order chi connectivity index (χ0) is 13.1. The summed E-state index contributed by atoms with van der Waals surface area (Å²) in [6.45, 7) is 7.96. The summed E-state index contributed by atoms with van der Waals surface area (Å²) in [6, 6.07) is 0. The van der Waals surface area contributed by atoms with Crippen molar-refractivity contribution in [2.45, 2.75) is 39.5 Å². The van der Waals surface area contributed by atoms with E-state index in [1.807, 2.05) is 0 Å². The minimum absolute atomic E-state index is 0.0502. The summed E-state index contributed by atoms with van der Waals surface area (Å²) < 4.78 is 0. The second-order valence-electron chi connectivity index (χ2n) is 3.98. The molecule has 0 aromatic rings. The number of carbonyl (C=O) groups excluding carboxylic acids is 1. The van der Waals surface area contributed by atoms with Crippen LogP contribution in [0.1, 0.15) is 39.5 Å². The van der Waals surface area contributed by atoms with Gasteiger partial charge in [-0.1, -0.05) is 13.8 Å². The topological polar surface area (TPSA) is 69.6 Å².